The number of ketones is 1. The first-order valence-electron chi connectivity index (χ1n) is 11.3. The molecule has 0 unspecified atom stereocenters. The maximum Gasteiger partial charge on any atom is 0.302 e. The summed E-state index contributed by atoms with van der Waals surface area (Å²) in [5.41, 5.74) is -1.89. The lowest BCUT2D eigenvalue weighted by Crippen LogP contribution is -2.69. The smallest absolute Gasteiger partial charge is 0.302 e. The number of esters is 2. The summed E-state index contributed by atoms with van der Waals surface area (Å²) in [4.78, 5) is 36.9. The maximum absolute atomic E-state index is 13.4. The van der Waals surface area contributed by atoms with Crippen molar-refractivity contribution in [2.45, 2.75) is 78.1 Å². The summed E-state index contributed by atoms with van der Waals surface area (Å²) in [6, 6.07) is 0. The average Bonchev–Trinajstić information content (AvgIpc) is 2.80. The fraction of sp³-hybridized carbons (Fsp3) is 0.792. The predicted molar refractivity (Wildman–Crippen MR) is 111 cm³/mol. The van der Waals surface area contributed by atoms with Crippen LogP contribution >= 0.6 is 0 Å². The Morgan fingerprint density at radius 3 is 2.39 bits per heavy atom. The van der Waals surface area contributed by atoms with Crippen molar-refractivity contribution in [1.82, 2.24) is 0 Å². The van der Waals surface area contributed by atoms with Crippen LogP contribution in [0.3, 0.4) is 0 Å². The van der Waals surface area contributed by atoms with E-state index in [2.05, 4.69) is 13.5 Å². The minimum atomic E-state index is -1.22. The van der Waals surface area contributed by atoms with Gasteiger partial charge in [-0.15, -0.1) is 0 Å². The Morgan fingerprint density at radius 2 is 1.77 bits per heavy atom. The van der Waals surface area contributed by atoms with E-state index in [1.54, 1.807) is 0 Å². The van der Waals surface area contributed by atoms with Crippen molar-refractivity contribution >= 4 is 17.7 Å². The minimum Gasteiger partial charge on any atom is -0.465 e. The molecule has 4 saturated carbocycles. The van der Waals surface area contributed by atoms with Crippen LogP contribution in [-0.4, -0.2) is 52.9 Å². The summed E-state index contributed by atoms with van der Waals surface area (Å²) < 4.78 is 11.1. The van der Waals surface area contributed by atoms with E-state index in [0.717, 1.165) is 6.42 Å². The van der Waals surface area contributed by atoms with Crippen LogP contribution in [0.1, 0.15) is 59.8 Å². The molecular weight excluding hydrogens is 400 g/mol. The van der Waals surface area contributed by atoms with Crippen molar-refractivity contribution in [2.24, 2.45) is 34.0 Å². The van der Waals surface area contributed by atoms with Crippen LogP contribution < -0.4 is 0 Å². The van der Waals surface area contributed by atoms with Gasteiger partial charge in [0.15, 0.2) is 5.78 Å². The summed E-state index contributed by atoms with van der Waals surface area (Å²) in [6.45, 7) is 10.8. The summed E-state index contributed by atoms with van der Waals surface area (Å²) >= 11 is 0. The zero-order valence-electron chi connectivity index (χ0n) is 18.8. The van der Waals surface area contributed by atoms with Crippen molar-refractivity contribution in [3.63, 3.8) is 0 Å². The molecule has 0 aromatic heterocycles. The number of carbonyl (C=O) groups is 3. The molecule has 172 valence electrons. The van der Waals surface area contributed by atoms with Crippen LogP contribution in [0, 0.1) is 34.0 Å². The second-order valence-corrected chi connectivity index (χ2v) is 10.7. The number of rotatable bonds is 3. The summed E-state index contributed by atoms with van der Waals surface area (Å²) in [5, 5.41) is 22.6. The van der Waals surface area contributed by atoms with Gasteiger partial charge in [-0.05, 0) is 54.9 Å². The molecule has 7 heteroatoms. The number of fused-ring (bicyclic) bond motifs is 3. The first kappa shape index (κ1) is 22.5. The molecular formula is C24H34O7. The van der Waals surface area contributed by atoms with Gasteiger partial charge in [-0.3, -0.25) is 14.4 Å². The first-order valence-corrected chi connectivity index (χ1v) is 11.3. The Kier molecular flexibility index (Phi) is 5.17. The number of hydrogen-bond acceptors (Lipinski definition) is 7. The SMILES string of the molecule is C=C1C(=O)[C@@]23[C@H](O)C[C@@H]4[C@](C)(COC(C)=O)[C@@H](OC(C)=O)CC[C@@]4(C)[C@@H]2CC[C@@H]1[C@H]3O. The minimum absolute atomic E-state index is 0.0683. The zero-order valence-corrected chi connectivity index (χ0v) is 18.8. The highest BCUT2D eigenvalue weighted by molar-refractivity contribution is 6.04. The topological polar surface area (TPSA) is 110 Å². The van der Waals surface area contributed by atoms with E-state index in [9.17, 15) is 24.6 Å². The molecule has 0 radical (unpaired) electrons. The van der Waals surface area contributed by atoms with Gasteiger partial charge >= 0.3 is 11.9 Å². The van der Waals surface area contributed by atoms with Gasteiger partial charge in [0.2, 0.25) is 0 Å². The van der Waals surface area contributed by atoms with E-state index in [1.165, 1.54) is 13.8 Å². The normalized spacial score (nSPS) is 48.6. The van der Waals surface area contributed by atoms with Crippen molar-refractivity contribution in [3.05, 3.63) is 12.2 Å². The van der Waals surface area contributed by atoms with E-state index >= 15 is 0 Å². The maximum atomic E-state index is 13.4. The van der Waals surface area contributed by atoms with Crippen LogP contribution in [-0.2, 0) is 23.9 Å². The standard InChI is InChI=1S/C24H34O7/c1-12-15-6-7-16-22(4)9-8-19(31-14(3)26)23(5,11-30-13(2)25)17(22)10-18(27)24(16,20(12)28)21(15)29/h15-19,21,27,29H,1,6-11H2,2-5H3/t15-,16-,17-,18+,19-,21+,22-,23-,24-/m0/s1. The Morgan fingerprint density at radius 1 is 1.10 bits per heavy atom. The molecule has 0 aliphatic heterocycles. The molecule has 4 aliphatic rings. The van der Waals surface area contributed by atoms with Crippen LogP contribution in [0.4, 0.5) is 0 Å². The van der Waals surface area contributed by atoms with Gasteiger partial charge in [0.1, 0.15) is 12.7 Å². The monoisotopic (exact) mass is 434 g/mol. The second kappa shape index (κ2) is 7.14. The Labute approximate surface area is 183 Å². The molecule has 4 rings (SSSR count). The van der Waals surface area contributed by atoms with Gasteiger partial charge < -0.3 is 19.7 Å². The number of Topliss-reactive ketones (excluding diaryl/α,β-unsaturated/α-hetero) is 1. The molecule has 7 nitrogen and oxygen atoms in total. The van der Waals surface area contributed by atoms with Gasteiger partial charge in [0.25, 0.3) is 0 Å². The van der Waals surface area contributed by atoms with Gasteiger partial charge in [0.05, 0.1) is 17.6 Å². The van der Waals surface area contributed by atoms with Crippen LogP contribution in [0.15, 0.2) is 12.2 Å². The first-order chi connectivity index (χ1) is 14.4. The summed E-state index contributed by atoms with van der Waals surface area (Å²) in [6.07, 6.45) is 0.505. The average molecular weight is 435 g/mol. The highest BCUT2D eigenvalue weighted by Crippen LogP contribution is 2.71. The third-order valence-corrected chi connectivity index (χ3v) is 9.32. The fourth-order valence-electron chi connectivity index (χ4n) is 7.98. The molecule has 0 amide bonds. The second-order valence-electron chi connectivity index (χ2n) is 10.7. The molecule has 1 spiro atoms. The third-order valence-electron chi connectivity index (χ3n) is 9.32. The lowest BCUT2D eigenvalue weighted by molar-refractivity contribution is -0.251. The molecule has 0 heterocycles. The highest BCUT2D eigenvalue weighted by Gasteiger charge is 2.75. The van der Waals surface area contributed by atoms with Crippen molar-refractivity contribution < 1.29 is 34.1 Å². The van der Waals surface area contributed by atoms with Gasteiger partial charge in [-0.1, -0.05) is 20.4 Å². The number of hydrogen-bond donors (Lipinski definition) is 2. The largest absolute Gasteiger partial charge is 0.465 e. The molecule has 0 aromatic rings. The van der Waals surface area contributed by atoms with Crippen molar-refractivity contribution in [3.8, 4) is 0 Å². The van der Waals surface area contributed by atoms with E-state index < -0.39 is 46.5 Å². The summed E-state index contributed by atoms with van der Waals surface area (Å²) in [7, 11) is 0. The molecule has 31 heavy (non-hydrogen) atoms. The van der Waals surface area contributed by atoms with Crippen LogP contribution in [0.2, 0.25) is 0 Å². The Bertz CT molecular complexity index is 836. The van der Waals surface area contributed by atoms with Crippen molar-refractivity contribution in [2.75, 3.05) is 6.61 Å². The van der Waals surface area contributed by atoms with E-state index in [0.29, 0.717) is 24.8 Å². The van der Waals surface area contributed by atoms with Crippen LogP contribution in [0.5, 0.6) is 0 Å². The molecule has 9 atom stereocenters. The molecule has 4 fully saturated rings. The van der Waals surface area contributed by atoms with E-state index in [4.69, 9.17) is 9.47 Å². The number of aliphatic hydroxyl groups is 2. The predicted octanol–water partition coefficient (Wildman–Crippen LogP) is 2.18. The van der Waals surface area contributed by atoms with E-state index in [1.807, 2.05) is 6.92 Å². The Hall–Kier alpha value is -1.73. The number of aliphatic hydroxyl groups excluding tert-OH is 2. The molecule has 0 aromatic carbocycles. The van der Waals surface area contributed by atoms with Crippen molar-refractivity contribution in [1.29, 1.82) is 0 Å². The quantitative estimate of drug-likeness (QED) is 0.517. The molecule has 2 N–H and O–H groups in total. The number of ether oxygens (including phenoxy) is 2. The molecule has 2 bridgehead atoms. The third kappa shape index (κ3) is 2.81. The van der Waals surface area contributed by atoms with Gasteiger partial charge in [-0.25, -0.2) is 0 Å². The van der Waals surface area contributed by atoms with Gasteiger partial charge in [-0.2, -0.15) is 0 Å². The van der Waals surface area contributed by atoms with Gasteiger partial charge in [0, 0.05) is 25.2 Å². The number of carbonyl (C=O) groups excluding carboxylic acids is 3. The molecule has 0 saturated heterocycles. The lowest BCUT2D eigenvalue weighted by atomic mass is 9.39. The highest BCUT2D eigenvalue weighted by atomic mass is 16.6. The summed E-state index contributed by atoms with van der Waals surface area (Å²) in [5.74, 6) is -1.67. The molecule has 4 aliphatic carbocycles. The fourth-order valence-corrected chi connectivity index (χ4v) is 7.98. The van der Waals surface area contributed by atoms with E-state index in [-0.39, 0.29) is 36.6 Å². The zero-order chi connectivity index (χ0) is 22.9. The van der Waals surface area contributed by atoms with Crippen LogP contribution in [0.25, 0.3) is 0 Å². The Balaban J connectivity index is 1.79. The lowest BCUT2D eigenvalue weighted by Gasteiger charge is -2.66.